The number of pyridine rings is 1. The molecule has 1 rings (SSSR count). The van der Waals surface area contributed by atoms with Gasteiger partial charge in [0.25, 0.3) is 0 Å². The smallest absolute Gasteiger partial charge is 0.397 e. The number of nitrogen functional groups attached to an aromatic ring is 1. The van der Waals surface area contributed by atoms with Crippen LogP contribution >= 0.6 is 0 Å². The molecule has 92 valence electrons. The van der Waals surface area contributed by atoms with E-state index in [4.69, 9.17) is 16.7 Å². The minimum absolute atomic E-state index is 0.0103. The van der Waals surface area contributed by atoms with E-state index < -0.39 is 12.2 Å². The lowest BCUT2D eigenvalue weighted by atomic mass is 10.1. The van der Waals surface area contributed by atoms with Gasteiger partial charge in [0.15, 0.2) is 0 Å². The van der Waals surface area contributed by atoms with Crippen LogP contribution in [0.1, 0.15) is 11.1 Å². The Labute approximate surface area is 94.8 Å². The van der Waals surface area contributed by atoms with E-state index in [1.54, 1.807) is 6.07 Å². The van der Waals surface area contributed by atoms with Crippen molar-refractivity contribution < 1.29 is 17.9 Å². The molecule has 0 amide bonds. The number of nitrogens with two attached hydrogens (primary N) is 2. The number of rotatable bonds is 3. The zero-order valence-electron chi connectivity index (χ0n) is 8.58. The maximum Gasteiger partial charge on any atom is 0.574 e. The zero-order valence-corrected chi connectivity index (χ0v) is 8.58. The number of alkyl halides is 3. The van der Waals surface area contributed by atoms with Gasteiger partial charge in [0, 0.05) is 17.7 Å². The largest absolute Gasteiger partial charge is 0.574 e. The summed E-state index contributed by atoms with van der Waals surface area (Å²) in [6.45, 7) is -0.250. The molecule has 0 saturated heterocycles. The molecule has 0 aromatic carbocycles. The zero-order chi connectivity index (χ0) is 13.1. The van der Waals surface area contributed by atoms with E-state index in [0.717, 1.165) is 6.20 Å². The number of nitriles is 1. The first kappa shape index (κ1) is 13.1. The summed E-state index contributed by atoms with van der Waals surface area (Å²) >= 11 is 0. The Kier molecular flexibility index (Phi) is 3.75. The highest BCUT2D eigenvalue weighted by molar-refractivity contribution is 5.53. The van der Waals surface area contributed by atoms with E-state index in [0.29, 0.717) is 0 Å². The van der Waals surface area contributed by atoms with Crippen molar-refractivity contribution in [3.63, 3.8) is 0 Å². The van der Waals surface area contributed by atoms with Crippen LogP contribution in [0.2, 0.25) is 0 Å². The second kappa shape index (κ2) is 4.88. The summed E-state index contributed by atoms with van der Waals surface area (Å²) in [6.07, 6.45) is -4.01. The quantitative estimate of drug-likeness (QED) is 0.831. The van der Waals surface area contributed by atoms with Gasteiger partial charge in [-0.15, -0.1) is 13.2 Å². The standard InChI is InChI=1S/C9H9F3N4O/c10-9(11,12)17-8-6(3-14)5(1-2-13)7(15)4-16-8/h4H,1,3,14-15H2. The molecule has 1 heterocycles. The third kappa shape index (κ3) is 3.22. The number of hydrogen-bond donors (Lipinski definition) is 2. The maximum atomic E-state index is 12.1. The van der Waals surface area contributed by atoms with Gasteiger partial charge in [-0.1, -0.05) is 0 Å². The highest BCUT2D eigenvalue weighted by Gasteiger charge is 2.33. The van der Waals surface area contributed by atoms with Gasteiger partial charge in [-0.25, -0.2) is 4.98 Å². The van der Waals surface area contributed by atoms with E-state index in [2.05, 4.69) is 9.72 Å². The third-order valence-corrected chi connectivity index (χ3v) is 1.96. The molecule has 0 spiro atoms. The number of nitrogens with zero attached hydrogens (tertiary/aromatic N) is 2. The van der Waals surface area contributed by atoms with Crippen molar-refractivity contribution in [2.24, 2.45) is 5.73 Å². The molecule has 0 atom stereocenters. The number of ether oxygens (including phenoxy) is 1. The van der Waals surface area contributed by atoms with Crippen molar-refractivity contribution in [2.75, 3.05) is 5.73 Å². The molecule has 4 N–H and O–H groups in total. The summed E-state index contributed by atoms with van der Waals surface area (Å²) < 4.78 is 39.9. The first-order valence-electron chi connectivity index (χ1n) is 4.48. The monoisotopic (exact) mass is 246 g/mol. The number of anilines is 1. The van der Waals surface area contributed by atoms with Crippen LogP contribution in [-0.2, 0) is 13.0 Å². The van der Waals surface area contributed by atoms with Crippen LogP contribution in [0.15, 0.2) is 6.20 Å². The highest BCUT2D eigenvalue weighted by atomic mass is 19.4. The van der Waals surface area contributed by atoms with E-state index in [1.165, 1.54) is 0 Å². The predicted octanol–water partition coefficient (Wildman–Crippen LogP) is 1.09. The van der Waals surface area contributed by atoms with E-state index in [-0.39, 0.29) is 29.8 Å². The minimum atomic E-state index is -4.86. The molecule has 0 bridgehead atoms. The van der Waals surface area contributed by atoms with Gasteiger partial charge in [0.1, 0.15) is 0 Å². The van der Waals surface area contributed by atoms with Crippen LogP contribution in [0.25, 0.3) is 0 Å². The molecule has 0 unspecified atom stereocenters. The normalized spacial score (nSPS) is 11.0. The van der Waals surface area contributed by atoms with Gasteiger partial charge < -0.3 is 16.2 Å². The van der Waals surface area contributed by atoms with Gasteiger partial charge in [-0.3, -0.25) is 0 Å². The Balaban J connectivity index is 3.24. The number of halogens is 3. The second-order valence-corrected chi connectivity index (χ2v) is 3.06. The minimum Gasteiger partial charge on any atom is -0.397 e. The van der Waals surface area contributed by atoms with Gasteiger partial charge in [0.05, 0.1) is 24.4 Å². The second-order valence-electron chi connectivity index (χ2n) is 3.06. The average Bonchev–Trinajstić information content (AvgIpc) is 2.21. The summed E-state index contributed by atoms with van der Waals surface area (Å²) in [5, 5.41) is 8.56. The van der Waals surface area contributed by atoms with Crippen LogP contribution in [0.4, 0.5) is 18.9 Å². The fraction of sp³-hybridized carbons (Fsp3) is 0.333. The molecular weight excluding hydrogens is 237 g/mol. The Bertz CT molecular complexity index is 453. The molecule has 0 saturated carbocycles. The molecule has 0 aliphatic heterocycles. The van der Waals surface area contributed by atoms with E-state index >= 15 is 0 Å². The molecule has 8 heteroatoms. The van der Waals surface area contributed by atoms with Crippen LogP contribution in [0.3, 0.4) is 0 Å². The van der Waals surface area contributed by atoms with Gasteiger partial charge in [0.2, 0.25) is 5.88 Å². The highest BCUT2D eigenvalue weighted by Crippen LogP contribution is 2.29. The third-order valence-electron chi connectivity index (χ3n) is 1.96. The van der Waals surface area contributed by atoms with Gasteiger partial charge in [-0.05, 0) is 0 Å². The van der Waals surface area contributed by atoms with Crippen molar-refractivity contribution >= 4 is 5.69 Å². The molecule has 0 aliphatic rings. The fourth-order valence-corrected chi connectivity index (χ4v) is 1.28. The van der Waals surface area contributed by atoms with Crippen molar-refractivity contribution in [3.8, 4) is 11.9 Å². The first-order valence-corrected chi connectivity index (χ1v) is 4.48. The SMILES string of the molecule is N#CCc1c(N)cnc(OC(F)(F)F)c1CN. The van der Waals surface area contributed by atoms with Gasteiger partial charge >= 0.3 is 6.36 Å². The Morgan fingerprint density at radius 2 is 2.06 bits per heavy atom. The molecule has 1 aromatic heterocycles. The van der Waals surface area contributed by atoms with Crippen molar-refractivity contribution in [3.05, 3.63) is 17.3 Å². The van der Waals surface area contributed by atoms with Crippen molar-refractivity contribution in [2.45, 2.75) is 19.3 Å². The van der Waals surface area contributed by atoms with Crippen molar-refractivity contribution in [1.82, 2.24) is 4.98 Å². The summed E-state index contributed by atoms with van der Waals surface area (Å²) in [7, 11) is 0. The lowest BCUT2D eigenvalue weighted by Crippen LogP contribution is -2.20. The summed E-state index contributed by atoms with van der Waals surface area (Å²) in [5.74, 6) is -0.667. The Morgan fingerprint density at radius 3 is 2.53 bits per heavy atom. The molecule has 0 aliphatic carbocycles. The lowest BCUT2D eigenvalue weighted by molar-refractivity contribution is -0.276. The first-order chi connectivity index (χ1) is 7.89. The fourth-order valence-electron chi connectivity index (χ4n) is 1.28. The van der Waals surface area contributed by atoms with E-state index in [1.807, 2.05) is 0 Å². The molecule has 5 nitrogen and oxygen atoms in total. The summed E-state index contributed by atoms with van der Waals surface area (Å²) in [5.41, 5.74) is 11.1. The Morgan fingerprint density at radius 1 is 1.41 bits per heavy atom. The van der Waals surface area contributed by atoms with Crippen LogP contribution in [0, 0.1) is 11.3 Å². The Hall–Kier alpha value is -2.01. The molecular formula is C9H9F3N4O. The summed E-state index contributed by atoms with van der Waals surface area (Å²) in [6, 6.07) is 1.79. The molecule has 17 heavy (non-hydrogen) atoms. The molecule has 0 fully saturated rings. The molecule has 1 aromatic rings. The summed E-state index contributed by atoms with van der Waals surface area (Å²) in [4.78, 5) is 3.42. The number of hydrogen-bond acceptors (Lipinski definition) is 5. The van der Waals surface area contributed by atoms with Gasteiger partial charge in [-0.2, -0.15) is 5.26 Å². The maximum absolute atomic E-state index is 12.1. The van der Waals surface area contributed by atoms with Crippen LogP contribution in [-0.4, -0.2) is 11.3 Å². The van der Waals surface area contributed by atoms with Crippen LogP contribution < -0.4 is 16.2 Å². The molecule has 0 radical (unpaired) electrons. The number of aromatic nitrogens is 1. The lowest BCUT2D eigenvalue weighted by Gasteiger charge is -2.14. The van der Waals surface area contributed by atoms with E-state index in [9.17, 15) is 13.2 Å². The topological polar surface area (TPSA) is 98.0 Å². The average molecular weight is 246 g/mol. The van der Waals surface area contributed by atoms with Crippen molar-refractivity contribution in [1.29, 1.82) is 5.26 Å². The van der Waals surface area contributed by atoms with Crippen LogP contribution in [0.5, 0.6) is 5.88 Å². The predicted molar refractivity (Wildman–Crippen MR) is 52.5 cm³/mol.